The Morgan fingerprint density at radius 3 is 2.60 bits per heavy atom. The number of thiocarbonyl (C=S) groups is 1. The molecule has 0 bridgehead atoms. The summed E-state index contributed by atoms with van der Waals surface area (Å²) in [6.45, 7) is 5.70. The molecule has 0 saturated carbocycles. The Labute approximate surface area is 186 Å². The molecular weight excluding hydrogens is 420 g/mol. The molecule has 1 aliphatic carbocycles. The molecule has 30 heavy (non-hydrogen) atoms. The average molecular weight is 447 g/mol. The molecule has 160 valence electrons. The highest BCUT2D eigenvalue weighted by molar-refractivity contribution is 7.80. The van der Waals surface area contributed by atoms with Crippen LogP contribution in [0.1, 0.15) is 69.5 Å². The Morgan fingerprint density at radius 1 is 1.17 bits per heavy atom. The zero-order valence-corrected chi connectivity index (χ0v) is 19.0. The van der Waals surface area contributed by atoms with Gasteiger partial charge < -0.3 is 20.1 Å². The number of nitrogens with one attached hydrogen (secondary N) is 2. The SMILES string of the molecule is CCOC(=O)c1sc(NC(=S)NC2CCCc3ccccc32)c(C(=O)OCC)c1C. The van der Waals surface area contributed by atoms with E-state index in [1.54, 1.807) is 20.8 Å². The average Bonchev–Trinajstić information content (AvgIpc) is 3.04. The van der Waals surface area contributed by atoms with E-state index in [0.717, 1.165) is 30.6 Å². The maximum atomic E-state index is 12.5. The smallest absolute Gasteiger partial charge is 0.348 e. The molecule has 0 radical (unpaired) electrons. The number of carbonyl (C=O) groups is 2. The van der Waals surface area contributed by atoms with E-state index in [9.17, 15) is 9.59 Å². The lowest BCUT2D eigenvalue weighted by atomic mass is 9.88. The van der Waals surface area contributed by atoms with E-state index in [1.165, 1.54) is 11.1 Å². The number of fused-ring (bicyclic) bond motifs is 1. The van der Waals surface area contributed by atoms with E-state index in [4.69, 9.17) is 21.7 Å². The van der Waals surface area contributed by atoms with Crippen molar-refractivity contribution in [2.75, 3.05) is 18.5 Å². The van der Waals surface area contributed by atoms with Crippen LogP contribution in [0, 0.1) is 6.92 Å². The summed E-state index contributed by atoms with van der Waals surface area (Å²) in [5.74, 6) is -0.950. The Bertz CT molecular complexity index is 955. The summed E-state index contributed by atoms with van der Waals surface area (Å²) in [6.07, 6.45) is 3.12. The number of esters is 2. The van der Waals surface area contributed by atoms with Crippen LogP contribution in [-0.4, -0.2) is 30.3 Å². The molecule has 1 aromatic heterocycles. The molecule has 8 heteroatoms. The van der Waals surface area contributed by atoms with Crippen molar-refractivity contribution in [3.05, 3.63) is 51.4 Å². The first-order valence-electron chi connectivity index (χ1n) is 10.1. The number of ether oxygens (including phenoxy) is 2. The van der Waals surface area contributed by atoms with Gasteiger partial charge in [-0.25, -0.2) is 9.59 Å². The van der Waals surface area contributed by atoms with Crippen molar-refractivity contribution >= 4 is 45.6 Å². The van der Waals surface area contributed by atoms with Gasteiger partial charge in [0.05, 0.1) is 24.8 Å². The summed E-state index contributed by atoms with van der Waals surface area (Å²) in [4.78, 5) is 25.2. The first-order valence-corrected chi connectivity index (χ1v) is 11.3. The van der Waals surface area contributed by atoms with Gasteiger partial charge in [-0.05, 0) is 68.9 Å². The molecule has 1 aliphatic rings. The van der Waals surface area contributed by atoms with Crippen molar-refractivity contribution in [1.29, 1.82) is 0 Å². The largest absolute Gasteiger partial charge is 0.462 e. The molecule has 0 amide bonds. The van der Waals surface area contributed by atoms with Crippen LogP contribution >= 0.6 is 23.6 Å². The fraction of sp³-hybridized carbons (Fsp3) is 0.409. The van der Waals surface area contributed by atoms with Crippen LogP contribution in [-0.2, 0) is 15.9 Å². The van der Waals surface area contributed by atoms with Crippen LogP contribution in [0.2, 0.25) is 0 Å². The van der Waals surface area contributed by atoms with Crippen molar-refractivity contribution in [3.8, 4) is 0 Å². The Hall–Kier alpha value is -2.45. The van der Waals surface area contributed by atoms with E-state index in [2.05, 4.69) is 28.8 Å². The summed E-state index contributed by atoms with van der Waals surface area (Å²) in [5, 5.41) is 7.36. The monoisotopic (exact) mass is 446 g/mol. The van der Waals surface area contributed by atoms with Crippen LogP contribution in [0.5, 0.6) is 0 Å². The minimum Gasteiger partial charge on any atom is -0.462 e. The second-order valence-electron chi connectivity index (χ2n) is 6.94. The third kappa shape index (κ3) is 4.82. The van der Waals surface area contributed by atoms with Gasteiger partial charge in [-0.2, -0.15) is 0 Å². The molecule has 1 atom stereocenters. The second kappa shape index (κ2) is 10.0. The van der Waals surface area contributed by atoms with Crippen molar-refractivity contribution < 1.29 is 19.1 Å². The number of hydrogen-bond acceptors (Lipinski definition) is 6. The summed E-state index contributed by atoms with van der Waals surface area (Å²) in [5.41, 5.74) is 3.42. The maximum Gasteiger partial charge on any atom is 0.348 e. The van der Waals surface area contributed by atoms with Crippen molar-refractivity contribution in [2.24, 2.45) is 0 Å². The lowest BCUT2D eigenvalue weighted by Gasteiger charge is -2.27. The molecule has 0 spiro atoms. The van der Waals surface area contributed by atoms with Gasteiger partial charge in [0.1, 0.15) is 9.88 Å². The van der Waals surface area contributed by atoms with Crippen LogP contribution in [0.4, 0.5) is 5.00 Å². The lowest BCUT2D eigenvalue weighted by molar-refractivity contribution is 0.0527. The number of rotatable bonds is 6. The zero-order valence-electron chi connectivity index (χ0n) is 17.4. The quantitative estimate of drug-likeness (QED) is 0.489. The Morgan fingerprint density at radius 2 is 1.87 bits per heavy atom. The molecular formula is C22H26N2O4S2. The minimum absolute atomic E-state index is 0.103. The number of carbonyl (C=O) groups excluding carboxylic acids is 2. The van der Waals surface area contributed by atoms with E-state index in [1.807, 2.05) is 6.07 Å². The Kier molecular flexibility index (Phi) is 7.44. The molecule has 0 saturated heterocycles. The van der Waals surface area contributed by atoms with E-state index in [-0.39, 0.29) is 19.3 Å². The van der Waals surface area contributed by atoms with E-state index >= 15 is 0 Å². The number of hydrogen-bond donors (Lipinski definition) is 2. The standard InChI is InChI=1S/C22H26N2O4S2/c1-4-27-20(25)17-13(3)18(21(26)28-5-2)30-19(17)24-22(29)23-16-12-8-10-14-9-6-7-11-15(14)16/h6-7,9,11,16H,4-5,8,10,12H2,1-3H3,(H2,23,24,29). The van der Waals surface area contributed by atoms with Gasteiger partial charge >= 0.3 is 11.9 Å². The Balaban J connectivity index is 1.83. The first kappa shape index (κ1) is 22.2. The highest BCUT2D eigenvalue weighted by Gasteiger charge is 2.27. The van der Waals surface area contributed by atoms with Gasteiger partial charge in [0, 0.05) is 0 Å². The summed E-state index contributed by atoms with van der Waals surface area (Å²) < 4.78 is 10.3. The van der Waals surface area contributed by atoms with Crippen LogP contribution < -0.4 is 10.6 Å². The predicted octanol–water partition coefficient (Wildman–Crippen LogP) is 4.77. The molecule has 2 N–H and O–H groups in total. The molecule has 6 nitrogen and oxygen atoms in total. The fourth-order valence-electron chi connectivity index (χ4n) is 3.64. The summed E-state index contributed by atoms with van der Waals surface area (Å²) >= 11 is 6.69. The minimum atomic E-state index is -0.491. The molecule has 0 fully saturated rings. The van der Waals surface area contributed by atoms with Gasteiger partial charge in [0.2, 0.25) is 0 Å². The topological polar surface area (TPSA) is 76.7 Å². The van der Waals surface area contributed by atoms with Crippen molar-refractivity contribution in [1.82, 2.24) is 5.32 Å². The number of benzene rings is 1. The van der Waals surface area contributed by atoms with Gasteiger partial charge in [0.25, 0.3) is 0 Å². The zero-order chi connectivity index (χ0) is 21.7. The van der Waals surface area contributed by atoms with Gasteiger partial charge in [-0.15, -0.1) is 11.3 Å². The van der Waals surface area contributed by atoms with E-state index in [0.29, 0.717) is 26.1 Å². The van der Waals surface area contributed by atoms with Crippen molar-refractivity contribution in [3.63, 3.8) is 0 Å². The fourth-order valence-corrected chi connectivity index (χ4v) is 5.05. The number of anilines is 1. The molecule has 1 heterocycles. The van der Waals surface area contributed by atoms with E-state index < -0.39 is 11.9 Å². The molecule has 3 rings (SSSR count). The van der Waals surface area contributed by atoms with Crippen LogP contribution in [0.3, 0.4) is 0 Å². The molecule has 1 unspecified atom stereocenters. The molecule has 2 aromatic rings. The van der Waals surface area contributed by atoms with Gasteiger partial charge in [0.15, 0.2) is 5.11 Å². The number of thiophene rings is 1. The molecule has 1 aromatic carbocycles. The summed E-state index contributed by atoms with van der Waals surface area (Å²) in [7, 11) is 0. The van der Waals surface area contributed by atoms with Crippen LogP contribution in [0.25, 0.3) is 0 Å². The second-order valence-corrected chi connectivity index (χ2v) is 8.37. The maximum absolute atomic E-state index is 12.5. The first-order chi connectivity index (χ1) is 14.5. The van der Waals surface area contributed by atoms with Crippen LogP contribution in [0.15, 0.2) is 24.3 Å². The summed E-state index contributed by atoms with van der Waals surface area (Å²) in [6, 6.07) is 8.45. The molecule has 0 aliphatic heterocycles. The number of aryl methyl sites for hydroxylation is 1. The lowest BCUT2D eigenvalue weighted by Crippen LogP contribution is -2.34. The van der Waals surface area contributed by atoms with Gasteiger partial charge in [-0.1, -0.05) is 24.3 Å². The third-order valence-corrected chi connectivity index (χ3v) is 6.40. The predicted molar refractivity (Wildman–Crippen MR) is 122 cm³/mol. The third-order valence-electron chi connectivity index (χ3n) is 4.99. The highest BCUT2D eigenvalue weighted by atomic mass is 32.1. The van der Waals surface area contributed by atoms with Crippen molar-refractivity contribution in [2.45, 2.75) is 46.1 Å². The van der Waals surface area contributed by atoms with Gasteiger partial charge in [-0.3, -0.25) is 0 Å². The highest BCUT2D eigenvalue weighted by Crippen LogP contribution is 2.35. The normalized spacial score (nSPS) is 15.1.